The Hall–Kier alpha value is -1.56. The summed E-state index contributed by atoms with van der Waals surface area (Å²) in [5, 5.41) is 2.86. The Morgan fingerprint density at radius 2 is 1.19 bits per heavy atom. The lowest BCUT2D eigenvalue weighted by Gasteiger charge is -2.19. The topological polar surface area (TPSA) is 83.6 Å². The van der Waals surface area contributed by atoms with E-state index in [9.17, 15) is 19.2 Å². The van der Waals surface area contributed by atoms with E-state index in [2.05, 4.69) is 5.32 Å². The summed E-state index contributed by atoms with van der Waals surface area (Å²) in [6, 6.07) is 0.169. The van der Waals surface area contributed by atoms with Crippen LogP contribution in [0.5, 0.6) is 0 Å². The molecule has 0 atom stereocenters. The molecule has 1 amide bonds. The van der Waals surface area contributed by atoms with Gasteiger partial charge in [-0.05, 0) is 26.7 Å². The highest BCUT2D eigenvalue weighted by molar-refractivity contribution is 5.86. The Balaban J connectivity index is 4.02. The number of ketones is 3. The van der Waals surface area contributed by atoms with Crippen molar-refractivity contribution in [3.05, 3.63) is 0 Å². The summed E-state index contributed by atoms with van der Waals surface area (Å²) in [7, 11) is 0. The first-order valence-corrected chi connectivity index (χ1v) is 9.85. The minimum absolute atomic E-state index is 0.0429. The first kappa shape index (κ1) is 24.4. The molecule has 0 heterocycles. The lowest BCUT2D eigenvalue weighted by atomic mass is 10.1. The smallest absolute Gasteiger partial charge is 0.220 e. The molecule has 0 aliphatic carbocycles. The molecular formula is C20H36N2O4. The molecule has 6 heteroatoms. The third kappa shape index (κ3) is 13.7. The highest BCUT2D eigenvalue weighted by Gasteiger charge is 2.16. The minimum Gasteiger partial charge on any atom is -0.354 e. The van der Waals surface area contributed by atoms with Gasteiger partial charge in [0.2, 0.25) is 5.91 Å². The fraction of sp³-hybridized carbons (Fsp3) is 0.800. The molecule has 0 spiro atoms. The number of Topliss-reactive ketones (excluding diaryl/α,β-unsaturated/α-hetero) is 3. The van der Waals surface area contributed by atoms with Gasteiger partial charge in [0, 0.05) is 31.7 Å². The van der Waals surface area contributed by atoms with Gasteiger partial charge in [-0.15, -0.1) is 0 Å². The molecule has 0 saturated heterocycles. The molecule has 0 aromatic heterocycles. The Bertz CT molecular complexity index is 443. The third-order valence-electron chi connectivity index (χ3n) is 4.05. The molecule has 0 aliphatic heterocycles. The van der Waals surface area contributed by atoms with Gasteiger partial charge in [-0.25, -0.2) is 0 Å². The van der Waals surface area contributed by atoms with Crippen molar-refractivity contribution in [2.45, 2.75) is 85.1 Å². The summed E-state index contributed by atoms with van der Waals surface area (Å²) in [4.78, 5) is 48.6. The summed E-state index contributed by atoms with van der Waals surface area (Å²) in [6.45, 7) is 7.94. The fourth-order valence-corrected chi connectivity index (χ4v) is 2.57. The number of carbonyl (C=O) groups is 4. The average Bonchev–Trinajstić information content (AvgIpc) is 2.56. The van der Waals surface area contributed by atoms with E-state index in [1.54, 1.807) is 18.7 Å². The molecule has 0 aromatic carbocycles. The van der Waals surface area contributed by atoms with Gasteiger partial charge < -0.3 is 5.32 Å². The zero-order chi connectivity index (χ0) is 19.9. The quantitative estimate of drug-likeness (QED) is 0.424. The maximum Gasteiger partial charge on any atom is 0.220 e. The number of nitrogens with one attached hydrogen (secondary N) is 1. The van der Waals surface area contributed by atoms with Crippen molar-refractivity contribution in [1.82, 2.24) is 10.2 Å². The molecule has 0 aromatic rings. The number of unbranched alkanes of at least 4 members (excludes halogenated alkanes) is 3. The van der Waals surface area contributed by atoms with Crippen LogP contribution in [0.2, 0.25) is 0 Å². The summed E-state index contributed by atoms with van der Waals surface area (Å²) < 4.78 is 0. The largest absolute Gasteiger partial charge is 0.354 e. The minimum atomic E-state index is 0.0429. The average molecular weight is 369 g/mol. The van der Waals surface area contributed by atoms with Crippen LogP contribution in [0.15, 0.2) is 0 Å². The molecule has 0 unspecified atom stereocenters. The van der Waals surface area contributed by atoms with Gasteiger partial charge in [0.1, 0.15) is 17.3 Å². The van der Waals surface area contributed by atoms with E-state index in [4.69, 9.17) is 0 Å². The van der Waals surface area contributed by atoms with Crippen LogP contribution in [-0.2, 0) is 19.2 Å². The fourth-order valence-electron chi connectivity index (χ4n) is 2.57. The lowest BCUT2D eigenvalue weighted by Crippen LogP contribution is -2.38. The van der Waals surface area contributed by atoms with Gasteiger partial charge >= 0.3 is 0 Å². The van der Waals surface area contributed by atoms with Crippen molar-refractivity contribution in [2.75, 3.05) is 19.6 Å². The van der Waals surface area contributed by atoms with Crippen LogP contribution in [0.1, 0.15) is 79.1 Å². The van der Waals surface area contributed by atoms with E-state index < -0.39 is 0 Å². The van der Waals surface area contributed by atoms with Crippen LogP contribution in [0.3, 0.4) is 0 Å². The number of nitrogens with zero attached hydrogens (tertiary/aromatic N) is 1. The molecule has 0 rings (SSSR count). The van der Waals surface area contributed by atoms with Crippen molar-refractivity contribution in [2.24, 2.45) is 0 Å². The molecule has 26 heavy (non-hydrogen) atoms. The molecule has 1 N–H and O–H groups in total. The first-order valence-electron chi connectivity index (χ1n) is 9.85. The van der Waals surface area contributed by atoms with E-state index in [1.807, 2.05) is 13.8 Å². The molecule has 6 nitrogen and oxygen atoms in total. The van der Waals surface area contributed by atoms with E-state index in [0.717, 1.165) is 25.7 Å². The molecule has 0 radical (unpaired) electrons. The van der Waals surface area contributed by atoms with Gasteiger partial charge in [-0.3, -0.25) is 24.1 Å². The number of amides is 1. The van der Waals surface area contributed by atoms with Gasteiger partial charge in [0.05, 0.1) is 19.6 Å². The van der Waals surface area contributed by atoms with Crippen molar-refractivity contribution in [3.63, 3.8) is 0 Å². The summed E-state index contributed by atoms with van der Waals surface area (Å²) in [6.07, 6.45) is 5.24. The summed E-state index contributed by atoms with van der Waals surface area (Å²) >= 11 is 0. The maximum absolute atomic E-state index is 12.1. The zero-order valence-corrected chi connectivity index (χ0v) is 16.9. The normalized spacial score (nSPS) is 11.0. The van der Waals surface area contributed by atoms with Crippen molar-refractivity contribution < 1.29 is 19.2 Å². The van der Waals surface area contributed by atoms with Crippen molar-refractivity contribution in [3.8, 4) is 0 Å². The predicted molar refractivity (Wildman–Crippen MR) is 103 cm³/mol. The van der Waals surface area contributed by atoms with E-state index in [1.165, 1.54) is 0 Å². The Kier molecular flexibility index (Phi) is 13.7. The van der Waals surface area contributed by atoms with Crippen molar-refractivity contribution >= 4 is 23.3 Å². The second-order valence-corrected chi connectivity index (χ2v) is 7.10. The predicted octanol–water partition coefficient (Wildman–Crippen LogP) is 2.68. The number of carbonyl (C=O) groups excluding carboxylic acids is 4. The Labute approximate surface area is 158 Å². The SMILES string of the molecule is CCC(=O)CN(CC(=O)CC)CC(=O)CCCCCCC(=O)NC(C)C. The van der Waals surface area contributed by atoms with Crippen LogP contribution < -0.4 is 5.32 Å². The van der Waals surface area contributed by atoms with Gasteiger partial charge in [-0.1, -0.05) is 26.7 Å². The van der Waals surface area contributed by atoms with Crippen molar-refractivity contribution in [1.29, 1.82) is 0 Å². The second-order valence-electron chi connectivity index (χ2n) is 7.10. The summed E-state index contributed by atoms with van der Waals surface area (Å²) in [5.41, 5.74) is 0. The van der Waals surface area contributed by atoms with Crippen LogP contribution in [-0.4, -0.2) is 53.8 Å². The monoisotopic (exact) mass is 368 g/mol. The van der Waals surface area contributed by atoms with E-state index in [-0.39, 0.29) is 48.9 Å². The first-order chi connectivity index (χ1) is 12.3. The zero-order valence-electron chi connectivity index (χ0n) is 16.9. The molecular weight excluding hydrogens is 332 g/mol. The van der Waals surface area contributed by atoms with E-state index in [0.29, 0.717) is 25.7 Å². The third-order valence-corrected chi connectivity index (χ3v) is 4.05. The maximum atomic E-state index is 12.1. The highest BCUT2D eigenvalue weighted by atomic mass is 16.2. The Morgan fingerprint density at radius 3 is 1.65 bits per heavy atom. The number of hydrogen-bond donors (Lipinski definition) is 1. The number of hydrogen-bond acceptors (Lipinski definition) is 5. The molecule has 0 bridgehead atoms. The highest BCUT2D eigenvalue weighted by Crippen LogP contribution is 2.07. The van der Waals surface area contributed by atoms with Crippen LogP contribution in [0.4, 0.5) is 0 Å². The standard InChI is InChI=1S/C20H36N2O4/c1-5-17(23)13-22(14-18(24)6-2)15-19(25)11-9-7-8-10-12-20(26)21-16(3)4/h16H,5-15H2,1-4H3,(H,21,26). The number of rotatable bonds is 16. The van der Waals surface area contributed by atoms with Crippen LogP contribution in [0.25, 0.3) is 0 Å². The molecule has 0 fully saturated rings. The van der Waals surface area contributed by atoms with Crippen LogP contribution in [0, 0.1) is 0 Å². The molecule has 150 valence electrons. The lowest BCUT2D eigenvalue weighted by molar-refractivity contribution is -0.125. The Morgan fingerprint density at radius 1 is 0.731 bits per heavy atom. The van der Waals surface area contributed by atoms with Gasteiger partial charge in [0.15, 0.2) is 0 Å². The second kappa shape index (κ2) is 14.6. The van der Waals surface area contributed by atoms with Gasteiger partial charge in [-0.2, -0.15) is 0 Å². The van der Waals surface area contributed by atoms with E-state index >= 15 is 0 Å². The summed E-state index contributed by atoms with van der Waals surface area (Å²) in [5.74, 6) is 0.228. The molecule has 0 aliphatic rings. The van der Waals surface area contributed by atoms with Gasteiger partial charge in [0.25, 0.3) is 0 Å². The van der Waals surface area contributed by atoms with Crippen LogP contribution >= 0.6 is 0 Å². The molecule has 0 saturated carbocycles.